The lowest BCUT2D eigenvalue weighted by Crippen LogP contribution is -2.32. The fourth-order valence-electron chi connectivity index (χ4n) is 3.10. The molecule has 0 N–H and O–H groups in total. The lowest BCUT2D eigenvalue weighted by molar-refractivity contribution is 0.291. The molecule has 0 unspecified atom stereocenters. The van der Waals surface area contributed by atoms with Gasteiger partial charge in [0.15, 0.2) is 0 Å². The van der Waals surface area contributed by atoms with Crippen LogP contribution in [0.4, 0.5) is 0 Å². The number of fused-ring (bicyclic) bond motifs is 1. The maximum Gasteiger partial charge on any atom is 0.269 e. The summed E-state index contributed by atoms with van der Waals surface area (Å²) >= 11 is 4.53. The number of aromatic nitrogens is 2. The molecule has 0 spiro atoms. The fourth-order valence-corrected chi connectivity index (χ4v) is 3.52. The van der Waals surface area contributed by atoms with Gasteiger partial charge >= 0.3 is 0 Å². The second-order valence-corrected chi connectivity index (χ2v) is 5.85. The van der Waals surface area contributed by atoms with E-state index in [0.29, 0.717) is 0 Å². The molecule has 1 aliphatic carbocycles. The summed E-state index contributed by atoms with van der Waals surface area (Å²) < 4.78 is 1.88. The summed E-state index contributed by atoms with van der Waals surface area (Å²) in [5.41, 5.74) is 1.99. The number of hydrogen-bond acceptors (Lipinski definition) is 3. The van der Waals surface area contributed by atoms with Crippen LogP contribution in [0.25, 0.3) is 11.0 Å². The van der Waals surface area contributed by atoms with E-state index in [2.05, 4.69) is 17.6 Å². The quantitative estimate of drug-likeness (QED) is 0.873. The highest BCUT2D eigenvalue weighted by molar-refractivity contribution is 7.80. The van der Waals surface area contributed by atoms with Gasteiger partial charge in [0.05, 0.1) is 17.2 Å². The third-order valence-electron chi connectivity index (χ3n) is 4.25. The minimum Gasteiger partial charge on any atom is -0.305 e. The molecule has 1 fully saturated rings. The number of benzene rings is 1. The Labute approximate surface area is 118 Å². The zero-order chi connectivity index (χ0) is 13.3. The van der Waals surface area contributed by atoms with Crippen LogP contribution in [0.3, 0.4) is 0 Å². The van der Waals surface area contributed by atoms with Crippen LogP contribution in [0.1, 0.15) is 25.7 Å². The Morgan fingerprint density at radius 1 is 1.26 bits per heavy atom. The first kappa shape index (κ1) is 12.7. The minimum absolute atomic E-state index is 0.00763. The smallest absolute Gasteiger partial charge is 0.269 e. The lowest BCUT2D eigenvalue weighted by Gasteiger charge is -2.28. The average Bonchev–Trinajstić information content (AvgIpc) is 2.91. The third kappa shape index (κ3) is 2.29. The van der Waals surface area contributed by atoms with Gasteiger partial charge in [0.25, 0.3) is 5.56 Å². The summed E-state index contributed by atoms with van der Waals surface area (Å²) in [6.07, 6.45) is 6.26. The van der Waals surface area contributed by atoms with E-state index in [-0.39, 0.29) is 11.0 Å². The summed E-state index contributed by atoms with van der Waals surface area (Å²) in [5, 5.41) is 0. The molecule has 19 heavy (non-hydrogen) atoms. The van der Waals surface area contributed by atoms with Gasteiger partial charge < -0.3 is 4.57 Å². The van der Waals surface area contributed by atoms with Crippen LogP contribution in [0.15, 0.2) is 35.3 Å². The van der Waals surface area contributed by atoms with Gasteiger partial charge in [-0.15, -0.1) is 0 Å². The highest BCUT2D eigenvalue weighted by atomic mass is 32.1. The first-order valence-electron chi connectivity index (χ1n) is 6.80. The topological polar surface area (TPSA) is 34.9 Å². The second-order valence-electron chi connectivity index (χ2n) is 5.54. The van der Waals surface area contributed by atoms with Crippen molar-refractivity contribution in [3.63, 3.8) is 0 Å². The molecule has 1 heterocycles. The molecule has 1 aliphatic rings. The SMILES string of the molecule is O=c1cnc2ccccc2n1CC1(CS)CCCC1. The van der Waals surface area contributed by atoms with Gasteiger partial charge in [-0.2, -0.15) is 12.6 Å². The van der Waals surface area contributed by atoms with E-state index in [0.717, 1.165) is 23.3 Å². The van der Waals surface area contributed by atoms with Gasteiger partial charge in [-0.05, 0) is 36.1 Å². The Bertz CT molecular complexity index is 644. The Morgan fingerprint density at radius 2 is 2.00 bits per heavy atom. The summed E-state index contributed by atoms with van der Waals surface area (Å²) in [7, 11) is 0. The lowest BCUT2D eigenvalue weighted by atomic mass is 9.88. The van der Waals surface area contributed by atoms with Gasteiger partial charge in [-0.3, -0.25) is 4.79 Å². The summed E-state index contributed by atoms with van der Waals surface area (Å²) in [5.74, 6) is 0.843. The number of rotatable bonds is 3. The van der Waals surface area contributed by atoms with Crippen LogP contribution in [0.2, 0.25) is 0 Å². The van der Waals surface area contributed by atoms with Gasteiger partial charge in [0.2, 0.25) is 0 Å². The molecular weight excluding hydrogens is 256 g/mol. The molecule has 3 nitrogen and oxygen atoms in total. The minimum atomic E-state index is -0.00763. The van der Waals surface area contributed by atoms with E-state index in [1.54, 1.807) is 0 Å². The first-order chi connectivity index (χ1) is 9.24. The van der Waals surface area contributed by atoms with E-state index in [1.807, 2.05) is 28.8 Å². The molecule has 0 atom stereocenters. The molecule has 0 bridgehead atoms. The van der Waals surface area contributed by atoms with Gasteiger partial charge in [0.1, 0.15) is 0 Å². The Hall–Kier alpha value is -1.29. The van der Waals surface area contributed by atoms with E-state index < -0.39 is 0 Å². The molecule has 1 aromatic carbocycles. The van der Waals surface area contributed by atoms with Crippen molar-refractivity contribution in [2.75, 3.05) is 5.75 Å². The molecule has 4 heteroatoms. The van der Waals surface area contributed by atoms with Crippen LogP contribution in [-0.2, 0) is 6.54 Å². The van der Waals surface area contributed by atoms with E-state index in [4.69, 9.17) is 0 Å². The van der Waals surface area contributed by atoms with Crippen molar-refractivity contribution in [2.45, 2.75) is 32.2 Å². The largest absolute Gasteiger partial charge is 0.305 e. The Kier molecular flexibility index (Phi) is 3.35. The number of thiol groups is 1. The molecule has 1 aromatic heterocycles. The van der Waals surface area contributed by atoms with Crippen molar-refractivity contribution >= 4 is 23.7 Å². The Morgan fingerprint density at radius 3 is 2.74 bits per heavy atom. The molecule has 0 saturated heterocycles. The van der Waals surface area contributed by atoms with Crippen molar-refractivity contribution in [1.82, 2.24) is 9.55 Å². The predicted molar refractivity (Wildman–Crippen MR) is 80.8 cm³/mol. The van der Waals surface area contributed by atoms with E-state index >= 15 is 0 Å². The maximum absolute atomic E-state index is 12.2. The van der Waals surface area contributed by atoms with Crippen LogP contribution < -0.4 is 5.56 Å². The van der Waals surface area contributed by atoms with Crippen LogP contribution in [-0.4, -0.2) is 15.3 Å². The van der Waals surface area contributed by atoms with Crippen LogP contribution >= 0.6 is 12.6 Å². The van der Waals surface area contributed by atoms with Crippen molar-refractivity contribution in [3.05, 3.63) is 40.8 Å². The number of nitrogens with zero attached hydrogens (tertiary/aromatic N) is 2. The van der Waals surface area contributed by atoms with Crippen molar-refractivity contribution in [3.8, 4) is 0 Å². The molecular formula is C15H18N2OS. The monoisotopic (exact) mass is 274 g/mol. The van der Waals surface area contributed by atoms with Gasteiger partial charge in [-0.25, -0.2) is 4.98 Å². The molecule has 2 aromatic rings. The number of para-hydroxylation sites is 2. The van der Waals surface area contributed by atoms with Crippen molar-refractivity contribution in [2.24, 2.45) is 5.41 Å². The maximum atomic E-state index is 12.2. The zero-order valence-electron chi connectivity index (χ0n) is 10.9. The zero-order valence-corrected chi connectivity index (χ0v) is 11.8. The molecule has 0 radical (unpaired) electrons. The second kappa shape index (κ2) is 5.00. The highest BCUT2D eigenvalue weighted by Gasteiger charge is 2.33. The predicted octanol–water partition coefficient (Wildman–Crippen LogP) is 2.89. The van der Waals surface area contributed by atoms with Crippen LogP contribution in [0, 0.1) is 5.41 Å². The standard InChI is InChI=1S/C15H18N2OS/c18-14-9-16-12-5-1-2-6-13(12)17(14)10-15(11-19)7-3-4-8-15/h1-2,5-6,9,19H,3-4,7-8,10-11H2. The summed E-state index contributed by atoms with van der Waals surface area (Å²) in [6.45, 7) is 0.762. The van der Waals surface area contributed by atoms with Gasteiger partial charge in [0, 0.05) is 6.54 Å². The first-order valence-corrected chi connectivity index (χ1v) is 7.43. The van der Waals surface area contributed by atoms with Gasteiger partial charge in [-0.1, -0.05) is 25.0 Å². The van der Waals surface area contributed by atoms with Crippen molar-refractivity contribution in [1.29, 1.82) is 0 Å². The highest BCUT2D eigenvalue weighted by Crippen LogP contribution is 2.40. The summed E-state index contributed by atoms with van der Waals surface area (Å²) in [6, 6.07) is 7.84. The fraction of sp³-hybridized carbons (Fsp3) is 0.467. The normalized spacial score (nSPS) is 17.9. The van der Waals surface area contributed by atoms with Crippen LogP contribution in [0.5, 0.6) is 0 Å². The van der Waals surface area contributed by atoms with E-state index in [9.17, 15) is 4.79 Å². The molecule has 100 valence electrons. The third-order valence-corrected chi connectivity index (χ3v) is 4.92. The summed E-state index contributed by atoms with van der Waals surface area (Å²) in [4.78, 5) is 16.4. The molecule has 3 rings (SSSR count). The Balaban J connectivity index is 2.09. The van der Waals surface area contributed by atoms with E-state index in [1.165, 1.54) is 31.9 Å². The number of hydrogen-bond donors (Lipinski definition) is 1. The van der Waals surface area contributed by atoms with Crippen molar-refractivity contribution < 1.29 is 0 Å². The molecule has 1 saturated carbocycles. The molecule has 0 amide bonds. The average molecular weight is 274 g/mol. The molecule has 0 aliphatic heterocycles.